The average Bonchev–Trinajstić information content (AvgIpc) is 2.82. The van der Waals surface area contributed by atoms with Crippen molar-refractivity contribution in [2.24, 2.45) is 0 Å². The highest BCUT2D eigenvalue weighted by atomic mass is 16.5. The second-order valence-corrected chi connectivity index (χ2v) is 4.66. The Morgan fingerprint density at radius 3 is 2.81 bits per heavy atom. The monoisotopic (exact) mass is 283 g/mol. The van der Waals surface area contributed by atoms with Crippen molar-refractivity contribution in [2.75, 3.05) is 11.9 Å². The molecule has 0 aliphatic heterocycles. The predicted molar refractivity (Wildman–Crippen MR) is 83.6 cm³/mol. The summed E-state index contributed by atoms with van der Waals surface area (Å²) in [5, 5.41) is 4.96. The molecule has 108 valence electrons. The van der Waals surface area contributed by atoms with Gasteiger partial charge < -0.3 is 9.30 Å². The summed E-state index contributed by atoms with van der Waals surface area (Å²) in [5.74, 6) is 0.531. The summed E-state index contributed by atoms with van der Waals surface area (Å²) in [4.78, 5) is 16.0. The van der Waals surface area contributed by atoms with E-state index in [4.69, 9.17) is 4.74 Å². The van der Waals surface area contributed by atoms with Gasteiger partial charge in [-0.15, -0.1) is 0 Å². The van der Waals surface area contributed by atoms with Gasteiger partial charge in [0.2, 0.25) is 0 Å². The zero-order chi connectivity index (χ0) is 14.8. The van der Waals surface area contributed by atoms with Crippen molar-refractivity contribution in [2.45, 2.75) is 20.4 Å². The summed E-state index contributed by atoms with van der Waals surface area (Å²) in [6.45, 7) is 4.98. The molecule has 3 rings (SSSR count). The largest absolute Gasteiger partial charge is 0.450 e. The number of amides is 1. The minimum Gasteiger partial charge on any atom is -0.450 e. The molecule has 0 saturated carbocycles. The molecular weight excluding hydrogens is 266 g/mol. The Morgan fingerprint density at radius 2 is 2.05 bits per heavy atom. The fourth-order valence-corrected chi connectivity index (χ4v) is 2.69. The number of carbonyl (C=O) groups excluding carboxylic acids is 1. The predicted octanol–water partition coefficient (Wildman–Crippen LogP) is 3.78. The van der Waals surface area contributed by atoms with Crippen molar-refractivity contribution >= 4 is 33.7 Å². The quantitative estimate of drug-likeness (QED) is 0.796. The number of hydrogen-bond acceptors (Lipinski definition) is 3. The summed E-state index contributed by atoms with van der Waals surface area (Å²) < 4.78 is 7.10. The molecule has 0 aliphatic carbocycles. The minimum absolute atomic E-state index is 0.332. The number of aryl methyl sites for hydroxylation is 1. The molecule has 1 aromatic carbocycles. The van der Waals surface area contributed by atoms with Crippen molar-refractivity contribution in [3.63, 3.8) is 0 Å². The maximum Gasteiger partial charge on any atom is 0.412 e. The maximum atomic E-state index is 11.7. The van der Waals surface area contributed by atoms with Gasteiger partial charge in [-0.05, 0) is 26.0 Å². The second-order valence-electron chi connectivity index (χ2n) is 4.66. The summed E-state index contributed by atoms with van der Waals surface area (Å²) >= 11 is 0. The Bertz CT molecular complexity index is 808. The van der Waals surface area contributed by atoms with E-state index in [-0.39, 0.29) is 0 Å². The second kappa shape index (κ2) is 5.44. The van der Waals surface area contributed by atoms with Gasteiger partial charge in [0, 0.05) is 29.0 Å². The molecule has 0 saturated heterocycles. The number of para-hydroxylation sites is 1. The lowest BCUT2D eigenvalue weighted by atomic mass is 10.2. The van der Waals surface area contributed by atoms with Crippen LogP contribution in [0.15, 0.2) is 36.5 Å². The number of pyridine rings is 1. The van der Waals surface area contributed by atoms with Gasteiger partial charge in [-0.2, -0.15) is 0 Å². The van der Waals surface area contributed by atoms with Gasteiger partial charge in [-0.25, -0.2) is 9.78 Å². The van der Waals surface area contributed by atoms with Crippen molar-refractivity contribution in [1.82, 2.24) is 9.55 Å². The number of nitrogens with zero attached hydrogens (tertiary/aromatic N) is 2. The van der Waals surface area contributed by atoms with Crippen LogP contribution in [0.3, 0.4) is 0 Å². The van der Waals surface area contributed by atoms with Gasteiger partial charge >= 0.3 is 6.09 Å². The van der Waals surface area contributed by atoms with E-state index in [1.54, 1.807) is 13.1 Å². The first kappa shape index (κ1) is 13.4. The molecule has 5 heteroatoms. The molecule has 3 aromatic rings. The number of fused-ring (bicyclic) bond motifs is 3. The number of hydrogen-bond donors (Lipinski definition) is 1. The van der Waals surface area contributed by atoms with E-state index in [9.17, 15) is 4.79 Å². The Hall–Kier alpha value is -2.56. The zero-order valence-electron chi connectivity index (χ0n) is 12.1. The molecule has 0 fully saturated rings. The number of anilines is 1. The van der Waals surface area contributed by atoms with E-state index in [1.165, 1.54) is 0 Å². The van der Waals surface area contributed by atoms with Crippen LogP contribution in [0.25, 0.3) is 21.8 Å². The van der Waals surface area contributed by atoms with Gasteiger partial charge in [0.25, 0.3) is 0 Å². The number of rotatable bonds is 3. The highest BCUT2D eigenvalue weighted by Gasteiger charge is 2.15. The van der Waals surface area contributed by atoms with Crippen molar-refractivity contribution in [3.8, 4) is 0 Å². The van der Waals surface area contributed by atoms with E-state index in [2.05, 4.69) is 33.9 Å². The Labute approximate surface area is 122 Å². The Kier molecular flexibility index (Phi) is 3.48. The first-order valence-electron chi connectivity index (χ1n) is 7.06. The Balaban J connectivity index is 2.24. The zero-order valence-corrected chi connectivity index (χ0v) is 12.1. The van der Waals surface area contributed by atoms with Crippen LogP contribution in [-0.4, -0.2) is 22.3 Å². The first-order valence-corrected chi connectivity index (χ1v) is 7.06. The summed E-state index contributed by atoms with van der Waals surface area (Å²) in [7, 11) is 0. The summed E-state index contributed by atoms with van der Waals surface area (Å²) in [6.07, 6.45) is 1.22. The fraction of sp³-hybridized carbons (Fsp3) is 0.250. The highest BCUT2D eigenvalue weighted by molar-refractivity contribution is 6.12. The van der Waals surface area contributed by atoms with Crippen molar-refractivity contribution < 1.29 is 9.53 Å². The smallest absolute Gasteiger partial charge is 0.412 e. The molecular formula is C16H17N3O2. The molecule has 0 bridgehead atoms. The van der Waals surface area contributed by atoms with Crippen LogP contribution < -0.4 is 5.32 Å². The minimum atomic E-state index is -0.481. The molecule has 2 heterocycles. The highest BCUT2D eigenvalue weighted by Crippen LogP contribution is 2.32. The number of benzene rings is 1. The molecule has 21 heavy (non-hydrogen) atoms. The number of carbonyl (C=O) groups is 1. The SMILES string of the molecule is CCOC(=O)Nc1nccc2c3ccccc3n(CC)c12. The first-order chi connectivity index (χ1) is 10.3. The van der Waals surface area contributed by atoms with Gasteiger partial charge in [-0.1, -0.05) is 18.2 Å². The van der Waals surface area contributed by atoms with Crippen LogP contribution in [0.5, 0.6) is 0 Å². The standard InChI is InChI=1S/C16H17N3O2/c1-3-19-13-8-6-5-7-11(13)12-9-10-17-15(14(12)19)18-16(20)21-4-2/h5-10H,3-4H2,1-2H3,(H,17,18,20). The van der Waals surface area contributed by atoms with E-state index in [1.807, 2.05) is 18.2 Å². The third kappa shape index (κ3) is 2.20. The van der Waals surface area contributed by atoms with Crippen molar-refractivity contribution in [3.05, 3.63) is 36.5 Å². The van der Waals surface area contributed by atoms with Gasteiger partial charge in [0.15, 0.2) is 5.82 Å². The molecule has 2 aromatic heterocycles. The topological polar surface area (TPSA) is 56.1 Å². The third-order valence-corrected chi connectivity index (χ3v) is 3.49. The van der Waals surface area contributed by atoms with Gasteiger partial charge in [0.1, 0.15) is 0 Å². The van der Waals surface area contributed by atoms with E-state index < -0.39 is 6.09 Å². The number of ether oxygens (including phenoxy) is 1. The van der Waals surface area contributed by atoms with Gasteiger partial charge in [0.05, 0.1) is 12.1 Å². The lowest BCUT2D eigenvalue weighted by molar-refractivity contribution is 0.168. The van der Waals surface area contributed by atoms with Crippen LogP contribution >= 0.6 is 0 Å². The molecule has 0 spiro atoms. The maximum absolute atomic E-state index is 11.7. The number of aromatic nitrogens is 2. The molecule has 1 amide bonds. The van der Waals surface area contributed by atoms with Crippen molar-refractivity contribution in [1.29, 1.82) is 0 Å². The molecule has 5 nitrogen and oxygen atoms in total. The van der Waals surface area contributed by atoms with Crippen LogP contribution in [-0.2, 0) is 11.3 Å². The lowest BCUT2D eigenvalue weighted by Crippen LogP contribution is -2.15. The number of nitrogens with one attached hydrogen (secondary N) is 1. The third-order valence-electron chi connectivity index (χ3n) is 3.49. The van der Waals surface area contributed by atoms with Crippen LogP contribution in [0.1, 0.15) is 13.8 Å². The van der Waals surface area contributed by atoms with E-state index in [0.717, 1.165) is 28.4 Å². The van der Waals surface area contributed by atoms with E-state index >= 15 is 0 Å². The average molecular weight is 283 g/mol. The van der Waals surface area contributed by atoms with Gasteiger partial charge in [-0.3, -0.25) is 5.32 Å². The fourth-order valence-electron chi connectivity index (χ4n) is 2.69. The molecule has 0 unspecified atom stereocenters. The molecule has 0 aliphatic rings. The summed E-state index contributed by atoms with van der Waals surface area (Å²) in [6, 6.07) is 10.2. The summed E-state index contributed by atoms with van der Waals surface area (Å²) in [5.41, 5.74) is 2.06. The molecule has 0 radical (unpaired) electrons. The van der Waals surface area contributed by atoms with E-state index in [0.29, 0.717) is 12.4 Å². The van der Waals surface area contributed by atoms with Crippen LogP contribution in [0.2, 0.25) is 0 Å². The van der Waals surface area contributed by atoms with Crippen LogP contribution in [0, 0.1) is 0 Å². The van der Waals surface area contributed by atoms with Crippen LogP contribution in [0.4, 0.5) is 10.6 Å². The molecule has 0 atom stereocenters. The lowest BCUT2D eigenvalue weighted by Gasteiger charge is -2.09. The Morgan fingerprint density at radius 1 is 1.24 bits per heavy atom. The molecule has 1 N–H and O–H groups in total. The normalized spacial score (nSPS) is 11.0.